The molecular weight excluding hydrogens is 246 g/mol. The molecule has 110 valence electrons. The first-order valence-electron chi connectivity index (χ1n) is 8.09. The first-order valence-corrected chi connectivity index (χ1v) is 8.09. The maximum absolute atomic E-state index is 6.81. The molecule has 2 aliphatic rings. The van der Waals surface area contributed by atoms with Gasteiger partial charge in [-0.05, 0) is 61.5 Å². The lowest BCUT2D eigenvalue weighted by Crippen LogP contribution is -2.50. The van der Waals surface area contributed by atoms with Crippen LogP contribution in [-0.4, -0.2) is 12.1 Å². The van der Waals surface area contributed by atoms with Gasteiger partial charge in [-0.3, -0.25) is 0 Å². The molecule has 0 radical (unpaired) electrons. The molecule has 0 spiro atoms. The first kappa shape index (κ1) is 13.9. The van der Waals surface area contributed by atoms with E-state index in [1.165, 1.54) is 24.8 Å². The van der Waals surface area contributed by atoms with Crippen molar-refractivity contribution in [2.24, 2.45) is 17.6 Å². The molecule has 0 amide bonds. The van der Waals surface area contributed by atoms with Crippen molar-refractivity contribution < 1.29 is 4.74 Å². The number of hydrogen-bond donors (Lipinski definition) is 1. The molecule has 4 atom stereocenters. The summed E-state index contributed by atoms with van der Waals surface area (Å²) in [5.41, 5.74) is 8.20. The molecule has 1 aliphatic heterocycles. The second kappa shape index (κ2) is 5.40. The molecule has 2 N–H and O–H groups in total. The summed E-state index contributed by atoms with van der Waals surface area (Å²) < 4.78 is 5.78. The first-order chi connectivity index (χ1) is 9.58. The van der Waals surface area contributed by atoms with Crippen LogP contribution in [-0.2, 0) is 0 Å². The lowest BCUT2D eigenvalue weighted by molar-refractivity contribution is 0.135. The molecule has 1 aromatic rings. The van der Waals surface area contributed by atoms with Crippen molar-refractivity contribution in [3.05, 3.63) is 29.8 Å². The molecule has 2 heteroatoms. The third-order valence-corrected chi connectivity index (χ3v) is 5.55. The van der Waals surface area contributed by atoms with E-state index in [0.29, 0.717) is 11.8 Å². The summed E-state index contributed by atoms with van der Waals surface area (Å²) in [5.74, 6) is 3.11. The van der Waals surface area contributed by atoms with Gasteiger partial charge in [0, 0.05) is 5.54 Å². The van der Waals surface area contributed by atoms with Gasteiger partial charge in [-0.15, -0.1) is 0 Å². The van der Waals surface area contributed by atoms with E-state index in [4.69, 9.17) is 10.5 Å². The van der Waals surface area contributed by atoms with Crippen molar-refractivity contribution in [1.82, 2.24) is 0 Å². The van der Waals surface area contributed by atoms with E-state index in [2.05, 4.69) is 38.1 Å². The fourth-order valence-electron chi connectivity index (χ4n) is 4.11. The smallest absolute Gasteiger partial charge is 0.122 e. The quantitative estimate of drug-likeness (QED) is 0.880. The minimum Gasteiger partial charge on any atom is -0.493 e. The van der Waals surface area contributed by atoms with Gasteiger partial charge in [-0.1, -0.05) is 32.0 Å². The molecule has 4 unspecified atom stereocenters. The third-order valence-electron chi connectivity index (χ3n) is 5.55. The van der Waals surface area contributed by atoms with E-state index in [-0.39, 0.29) is 5.54 Å². The highest BCUT2D eigenvalue weighted by Crippen LogP contribution is 2.44. The van der Waals surface area contributed by atoms with Crippen LogP contribution < -0.4 is 10.5 Å². The highest BCUT2D eigenvalue weighted by molar-refractivity contribution is 5.38. The number of rotatable bonds is 2. The van der Waals surface area contributed by atoms with Crippen LogP contribution in [0.25, 0.3) is 0 Å². The molecule has 3 rings (SSSR count). The fourth-order valence-corrected chi connectivity index (χ4v) is 4.11. The molecule has 0 bridgehead atoms. The molecule has 1 fully saturated rings. The summed E-state index contributed by atoms with van der Waals surface area (Å²) in [7, 11) is 0. The average Bonchev–Trinajstić information content (AvgIpc) is 2.44. The predicted octanol–water partition coefficient (Wildman–Crippen LogP) is 4.10. The van der Waals surface area contributed by atoms with Crippen LogP contribution >= 0.6 is 0 Å². The van der Waals surface area contributed by atoms with Gasteiger partial charge in [-0.2, -0.15) is 0 Å². The van der Waals surface area contributed by atoms with Gasteiger partial charge in [-0.25, -0.2) is 0 Å². The molecule has 20 heavy (non-hydrogen) atoms. The Labute approximate surface area is 122 Å². The van der Waals surface area contributed by atoms with E-state index >= 15 is 0 Å². The highest BCUT2D eigenvalue weighted by Gasteiger charge is 2.39. The van der Waals surface area contributed by atoms with Crippen LogP contribution in [0.2, 0.25) is 0 Å². The number of benzene rings is 1. The zero-order valence-electron chi connectivity index (χ0n) is 12.8. The van der Waals surface area contributed by atoms with E-state index in [1.807, 2.05) is 0 Å². The Balaban J connectivity index is 1.78. The summed E-state index contributed by atoms with van der Waals surface area (Å²) in [4.78, 5) is 0. The molecule has 0 saturated heterocycles. The van der Waals surface area contributed by atoms with Crippen LogP contribution in [0.15, 0.2) is 24.3 Å². The maximum Gasteiger partial charge on any atom is 0.122 e. The molecule has 1 aliphatic carbocycles. The Hall–Kier alpha value is -1.02. The van der Waals surface area contributed by atoms with Gasteiger partial charge in [0.1, 0.15) is 5.75 Å². The van der Waals surface area contributed by atoms with E-state index in [1.54, 1.807) is 0 Å². The van der Waals surface area contributed by atoms with E-state index in [9.17, 15) is 0 Å². The summed E-state index contributed by atoms with van der Waals surface area (Å²) in [6.45, 7) is 5.54. The molecule has 0 aromatic heterocycles. The second-order valence-electron chi connectivity index (χ2n) is 7.09. The van der Waals surface area contributed by atoms with Gasteiger partial charge in [0.15, 0.2) is 0 Å². The molecule has 1 saturated carbocycles. The Morgan fingerprint density at radius 3 is 2.85 bits per heavy atom. The minimum absolute atomic E-state index is 0.0155. The van der Waals surface area contributed by atoms with Crippen molar-refractivity contribution in [2.75, 3.05) is 6.61 Å². The van der Waals surface area contributed by atoms with Gasteiger partial charge in [0.25, 0.3) is 0 Å². The summed E-state index contributed by atoms with van der Waals surface area (Å²) in [6, 6.07) is 8.50. The van der Waals surface area contributed by atoms with Crippen LogP contribution in [0, 0.1) is 11.8 Å². The lowest BCUT2D eigenvalue weighted by Gasteiger charge is -2.44. The highest BCUT2D eigenvalue weighted by atomic mass is 16.5. The summed E-state index contributed by atoms with van der Waals surface area (Å²) in [5, 5.41) is 0. The zero-order valence-corrected chi connectivity index (χ0v) is 12.8. The predicted molar refractivity (Wildman–Crippen MR) is 83.0 cm³/mol. The van der Waals surface area contributed by atoms with E-state index < -0.39 is 0 Å². The van der Waals surface area contributed by atoms with Crippen molar-refractivity contribution in [3.63, 3.8) is 0 Å². The van der Waals surface area contributed by atoms with Crippen LogP contribution in [0.5, 0.6) is 5.75 Å². The normalized spacial score (nSPS) is 37.0. The van der Waals surface area contributed by atoms with Crippen molar-refractivity contribution in [2.45, 2.75) is 57.4 Å². The molecule has 1 heterocycles. The Bertz CT molecular complexity index is 472. The van der Waals surface area contributed by atoms with Crippen LogP contribution in [0.4, 0.5) is 0 Å². The number of ether oxygens (including phenoxy) is 1. The maximum atomic E-state index is 6.81. The van der Waals surface area contributed by atoms with Crippen molar-refractivity contribution in [1.29, 1.82) is 0 Å². The molecule has 2 nitrogen and oxygen atoms in total. The third kappa shape index (κ3) is 2.58. The van der Waals surface area contributed by atoms with Crippen molar-refractivity contribution in [3.8, 4) is 5.75 Å². The van der Waals surface area contributed by atoms with Crippen LogP contribution in [0.1, 0.15) is 57.4 Å². The van der Waals surface area contributed by atoms with Gasteiger partial charge >= 0.3 is 0 Å². The Morgan fingerprint density at radius 2 is 2.05 bits per heavy atom. The number of hydrogen-bond acceptors (Lipinski definition) is 2. The number of nitrogens with two attached hydrogens (primary N) is 1. The monoisotopic (exact) mass is 273 g/mol. The SMILES string of the molecule is CC1CCC(N)(CC2CCOc3ccccc32)C(C)C1. The number of fused-ring (bicyclic) bond motifs is 1. The van der Waals surface area contributed by atoms with E-state index in [0.717, 1.165) is 31.1 Å². The minimum atomic E-state index is 0.0155. The number of para-hydroxylation sites is 1. The molecule has 1 aromatic carbocycles. The Kier molecular flexibility index (Phi) is 3.76. The van der Waals surface area contributed by atoms with Crippen molar-refractivity contribution >= 4 is 0 Å². The molecular formula is C18H27NO. The average molecular weight is 273 g/mol. The topological polar surface area (TPSA) is 35.2 Å². The van der Waals surface area contributed by atoms with Crippen LogP contribution in [0.3, 0.4) is 0 Å². The lowest BCUT2D eigenvalue weighted by atomic mass is 9.66. The fraction of sp³-hybridized carbons (Fsp3) is 0.667. The zero-order chi connectivity index (χ0) is 14.2. The summed E-state index contributed by atoms with van der Waals surface area (Å²) in [6.07, 6.45) is 5.96. The second-order valence-corrected chi connectivity index (χ2v) is 7.09. The van der Waals surface area contributed by atoms with Gasteiger partial charge in [0.05, 0.1) is 6.61 Å². The van der Waals surface area contributed by atoms with Gasteiger partial charge in [0.2, 0.25) is 0 Å². The van der Waals surface area contributed by atoms with Gasteiger partial charge < -0.3 is 10.5 Å². The largest absolute Gasteiger partial charge is 0.493 e. The standard InChI is InChI=1S/C18H27NO/c1-13-7-9-18(19,14(2)11-13)12-15-8-10-20-17-6-4-3-5-16(15)17/h3-6,13-15H,7-12,19H2,1-2H3. The Morgan fingerprint density at radius 1 is 1.25 bits per heavy atom. The summed E-state index contributed by atoms with van der Waals surface area (Å²) >= 11 is 0.